The van der Waals surface area contributed by atoms with Crippen molar-refractivity contribution in [1.82, 2.24) is 9.78 Å². The van der Waals surface area contributed by atoms with Gasteiger partial charge in [0.1, 0.15) is 0 Å². The van der Waals surface area contributed by atoms with Crippen LogP contribution in [0.3, 0.4) is 0 Å². The molecule has 0 unspecified atom stereocenters. The zero-order chi connectivity index (χ0) is 12.5. The van der Waals surface area contributed by atoms with E-state index in [4.69, 9.17) is 5.73 Å². The second-order valence-electron chi connectivity index (χ2n) is 3.89. The molecule has 0 saturated heterocycles. The summed E-state index contributed by atoms with van der Waals surface area (Å²) in [6, 6.07) is 6.73. The van der Waals surface area contributed by atoms with Crippen molar-refractivity contribution in [1.29, 1.82) is 0 Å². The van der Waals surface area contributed by atoms with Gasteiger partial charge in [0.25, 0.3) is 0 Å². The SMILES string of the molecule is CS(=O)(=O)c1ccc(Cn2cc(N)cn2)cc1.Cl. The van der Waals surface area contributed by atoms with Crippen molar-refractivity contribution in [3.63, 3.8) is 0 Å². The Morgan fingerprint density at radius 2 is 1.89 bits per heavy atom. The smallest absolute Gasteiger partial charge is 0.175 e. The predicted molar refractivity (Wildman–Crippen MR) is 72.5 cm³/mol. The van der Waals surface area contributed by atoms with Gasteiger partial charge in [0.15, 0.2) is 9.84 Å². The number of anilines is 1. The molecule has 5 nitrogen and oxygen atoms in total. The van der Waals surface area contributed by atoms with Crippen LogP contribution in [-0.2, 0) is 16.4 Å². The van der Waals surface area contributed by atoms with Gasteiger partial charge >= 0.3 is 0 Å². The number of nitrogens with two attached hydrogens (primary N) is 1. The molecule has 2 rings (SSSR count). The van der Waals surface area contributed by atoms with E-state index in [0.717, 1.165) is 5.56 Å². The maximum absolute atomic E-state index is 11.3. The molecule has 0 atom stereocenters. The number of hydrogen-bond donors (Lipinski definition) is 1. The van der Waals surface area contributed by atoms with Crippen molar-refractivity contribution in [3.05, 3.63) is 42.2 Å². The minimum atomic E-state index is -3.13. The molecule has 0 spiro atoms. The van der Waals surface area contributed by atoms with E-state index >= 15 is 0 Å². The summed E-state index contributed by atoms with van der Waals surface area (Å²) < 4.78 is 24.2. The average molecular weight is 288 g/mol. The Balaban J connectivity index is 0.00000162. The van der Waals surface area contributed by atoms with Crippen molar-refractivity contribution >= 4 is 27.9 Å². The number of halogens is 1. The zero-order valence-electron chi connectivity index (χ0n) is 9.78. The Labute approximate surface area is 112 Å². The number of nitrogens with zero attached hydrogens (tertiary/aromatic N) is 2. The lowest BCUT2D eigenvalue weighted by atomic mass is 10.2. The number of rotatable bonds is 3. The molecule has 18 heavy (non-hydrogen) atoms. The first kappa shape index (κ1) is 14.5. The molecule has 1 aromatic heterocycles. The number of nitrogen functional groups attached to an aromatic ring is 1. The Kier molecular flexibility index (Phi) is 4.37. The Morgan fingerprint density at radius 1 is 1.28 bits per heavy atom. The minimum absolute atomic E-state index is 0. The van der Waals surface area contributed by atoms with Crippen molar-refractivity contribution in [2.75, 3.05) is 12.0 Å². The van der Waals surface area contributed by atoms with E-state index in [1.807, 2.05) is 0 Å². The quantitative estimate of drug-likeness (QED) is 0.924. The molecule has 7 heteroatoms. The third kappa shape index (κ3) is 3.48. The third-order valence-electron chi connectivity index (χ3n) is 2.35. The monoisotopic (exact) mass is 287 g/mol. The lowest BCUT2D eigenvalue weighted by molar-refractivity contribution is 0.602. The summed E-state index contributed by atoms with van der Waals surface area (Å²) in [6.07, 6.45) is 4.49. The van der Waals surface area contributed by atoms with E-state index in [0.29, 0.717) is 17.1 Å². The number of benzene rings is 1. The molecule has 0 radical (unpaired) electrons. The van der Waals surface area contributed by atoms with Crippen LogP contribution >= 0.6 is 12.4 Å². The molecule has 0 aliphatic carbocycles. The lowest BCUT2D eigenvalue weighted by Gasteiger charge is -2.03. The minimum Gasteiger partial charge on any atom is -0.396 e. The summed E-state index contributed by atoms with van der Waals surface area (Å²) in [4.78, 5) is 0.321. The highest BCUT2D eigenvalue weighted by atomic mass is 35.5. The molecule has 0 fully saturated rings. The summed E-state index contributed by atoms with van der Waals surface area (Å²) in [5.41, 5.74) is 7.13. The fraction of sp³-hybridized carbons (Fsp3) is 0.182. The number of sulfone groups is 1. The molecule has 2 aromatic rings. The molecule has 98 valence electrons. The second kappa shape index (κ2) is 5.41. The van der Waals surface area contributed by atoms with Crippen LogP contribution in [0.5, 0.6) is 0 Å². The van der Waals surface area contributed by atoms with Gasteiger partial charge in [0.05, 0.1) is 23.3 Å². The normalized spacial score (nSPS) is 10.9. The molecule has 0 bridgehead atoms. The predicted octanol–water partition coefficient (Wildman–Crippen LogP) is 1.34. The van der Waals surface area contributed by atoms with E-state index in [1.165, 1.54) is 6.26 Å². The summed E-state index contributed by atoms with van der Waals surface area (Å²) in [5, 5.41) is 4.06. The van der Waals surface area contributed by atoms with Gasteiger partial charge in [-0.3, -0.25) is 4.68 Å². The first-order valence-corrected chi connectivity index (χ1v) is 6.91. The molecule has 2 N–H and O–H groups in total. The van der Waals surface area contributed by atoms with Gasteiger partial charge in [0.2, 0.25) is 0 Å². The highest BCUT2D eigenvalue weighted by Crippen LogP contribution is 2.11. The molecule has 0 amide bonds. The van der Waals surface area contributed by atoms with Gasteiger partial charge in [-0.1, -0.05) is 12.1 Å². The number of hydrogen-bond acceptors (Lipinski definition) is 4. The molecule has 0 saturated carbocycles. The summed E-state index contributed by atoms with van der Waals surface area (Å²) in [7, 11) is -3.13. The van der Waals surface area contributed by atoms with Gasteiger partial charge in [-0.15, -0.1) is 12.4 Å². The highest BCUT2D eigenvalue weighted by Gasteiger charge is 2.06. The van der Waals surface area contributed by atoms with Crippen LogP contribution in [0.15, 0.2) is 41.6 Å². The second-order valence-corrected chi connectivity index (χ2v) is 5.90. The van der Waals surface area contributed by atoms with Gasteiger partial charge in [-0.05, 0) is 17.7 Å². The maximum atomic E-state index is 11.3. The largest absolute Gasteiger partial charge is 0.396 e. The fourth-order valence-corrected chi connectivity index (χ4v) is 2.13. The van der Waals surface area contributed by atoms with E-state index in [-0.39, 0.29) is 12.4 Å². The summed E-state index contributed by atoms with van der Waals surface area (Å²) >= 11 is 0. The van der Waals surface area contributed by atoms with Crippen LogP contribution < -0.4 is 5.73 Å². The average Bonchev–Trinajstić information content (AvgIpc) is 2.63. The molecular weight excluding hydrogens is 274 g/mol. The first-order chi connectivity index (χ1) is 7.95. The van der Waals surface area contributed by atoms with Crippen LogP contribution in [0, 0.1) is 0 Å². The van der Waals surface area contributed by atoms with Crippen molar-refractivity contribution in [2.45, 2.75) is 11.4 Å². The standard InChI is InChI=1S/C11H13N3O2S.ClH/c1-17(15,16)11-4-2-9(3-5-11)7-14-8-10(12)6-13-14;/h2-6,8H,7,12H2,1H3;1H. The van der Waals surface area contributed by atoms with Gasteiger partial charge < -0.3 is 5.73 Å². The molecule has 0 aliphatic heterocycles. The topological polar surface area (TPSA) is 78.0 Å². The van der Waals surface area contributed by atoms with E-state index in [2.05, 4.69) is 5.10 Å². The Morgan fingerprint density at radius 3 is 2.33 bits per heavy atom. The highest BCUT2D eigenvalue weighted by molar-refractivity contribution is 7.90. The summed E-state index contributed by atoms with van der Waals surface area (Å²) in [6.45, 7) is 0.571. The van der Waals surface area contributed by atoms with E-state index in [1.54, 1.807) is 41.3 Å². The van der Waals surface area contributed by atoms with Crippen LogP contribution in [0.1, 0.15) is 5.56 Å². The number of aromatic nitrogens is 2. The first-order valence-electron chi connectivity index (χ1n) is 5.02. The molecular formula is C11H14ClN3O2S. The molecule has 1 heterocycles. The van der Waals surface area contributed by atoms with Crippen LogP contribution in [-0.4, -0.2) is 24.5 Å². The van der Waals surface area contributed by atoms with Crippen molar-refractivity contribution < 1.29 is 8.42 Å². The van der Waals surface area contributed by atoms with E-state index < -0.39 is 9.84 Å². The Hall–Kier alpha value is -1.53. The van der Waals surface area contributed by atoms with Crippen molar-refractivity contribution in [3.8, 4) is 0 Å². The third-order valence-corrected chi connectivity index (χ3v) is 3.48. The van der Waals surface area contributed by atoms with Crippen LogP contribution in [0.2, 0.25) is 0 Å². The fourth-order valence-electron chi connectivity index (χ4n) is 1.50. The van der Waals surface area contributed by atoms with E-state index in [9.17, 15) is 8.42 Å². The zero-order valence-corrected chi connectivity index (χ0v) is 11.4. The molecule has 0 aliphatic rings. The van der Waals surface area contributed by atoms with Crippen LogP contribution in [0.4, 0.5) is 5.69 Å². The molecule has 1 aromatic carbocycles. The van der Waals surface area contributed by atoms with Crippen LogP contribution in [0.25, 0.3) is 0 Å². The van der Waals surface area contributed by atoms with Crippen molar-refractivity contribution in [2.24, 2.45) is 0 Å². The lowest BCUT2D eigenvalue weighted by Crippen LogP contribution is -2.01. The van der Waals surface area contributed by atoms with Gasteiger partial charge in [0, 0.05) is 12.5 Å². The Bertz CT molecular complexity index is 620. The van der Waals surface area contributed by atoms with Gasteiger partial charge in [-0.2, -0.15) is 5.10 Å². The maximum Gasteiger partial charge on any atom is 0.175 e. The van der Waals surface area contributed by atoms with Gasteiger partial charge in [-0.25, -0.2) is 8.42 Å². The summed E-state index contributed by atoms with van der Waals surface area (Å²) in [5.74, 6) is 0.